The van der Waals surface area contributed by atoms with E-state index in [-0.39, 0.29) is 24.9 Å². The SMILES string of the molecule is C=C(C=O)[C@H]1CN(Cc2ccc(OC)cc2)C(=O)[C@H]1CC(=O)OCC. The van der Waals surface area contributed by atoms with E-state index in [0.717, 1.165) is 11.3 Å². The maximum Gasteiger partial charge on any atom is 0.306 e. The lowest BCUT2D eigenvalue weighted by atomic mass is 9.87. The molecule has 0 bridgehead atoms. The first-order valence-electron chi connectivity index (χ1n) is 8.21. The fraction of sp³-hybridized carbons (Fsp3) is 0.421. The average Bonchev–Trinajstić information content (AvgIpc) is 2.91. The van der Waals surface area contributed by atoms with E-state index < -0.39 is 11.9 Å². The predicted octanol–water partition coefficient (Wildman–Crippen LogP) is 1.98. The van der Waals surface area contributed by atoms with Crippen LogP contribution < -0.4 is 4.74 Å². The van der Waals surface area contributed by atoms with Crippen molar-refractivity contribution in [2.75, 3.05) is 20.3 Å². The van der Waals surface area contributed by atoms with Gasteiger partial charge in [-0.15, -0.1) is 0 Å². The van der Waals surface area contributed by atoms with E-state index in [4.69, 9.17) is 9.47 Å². The molecule has 2 rings (SSSR count). The van der Waals surface area contributed by atoms with Crippen LogP contribution in [0.25, 0.3) is 0 Å². The van der Waals surface area contributed by atoms with Crippen molar-refractivity contribution < 1.29 is 23.9 Å². The molecule has 1 heterocycles. The van der Waals surface area contributed by atoms with Crippen molar-refractivity contribution in [3.05, 3.63) is 42.0 Å². The number of carbonyl (C=O) groups is 3. The Morgan fingerprint density at radius 3 is 2.60 bits per heavy atom. The molecule has 0 spiro atoms. The number of hydrogen-bond acceptors (Lipinski definition) is 5. The van der Waals surface area contributed by atoms with Gasteiger partial charge in [-0.25, -0.2) is 0 Å². The van der Waals surface area contributed by atoms with Crippen LogP contribution in [-0.2, 0) is 25.7 Å². The molecule has 1 aliphatic rings. The van der Waals surface area contributed by atoms with Crippen LogP contribution in [-0.4, -0.2) is 43.3 Å². The third-order valence-corrected chi connectivity index (χ3v) is 4.38. The molecule has 6 heteroatoms. The summed E-state index contributed by atoms with van der Waals surface area (Å²) >= 11 is 0. The molecule has 0 radical (unpaired) electrons. The van der Waals surface area contributed by atoms with Crippen LogP contribution in [0, 0.1) is 11.8 Å². The molecular formula is C19H23NO5. The number of ether oxygens (including phenoxy) is 2. The lowest BCUT2D eigenvalue weighted by molar-refractivity contribution is -0.147. The second-order valence-electron chi connectivity index (χ2n) is 5.98. The van der Waals surface area contributed by atoms with Crippen LogP contribution in [0.15, 0.2) is 36.4 Å². The van der Waals surface area contributed by atoms with Crippen LogP contribution in [0.5, 0.6) is 5.75 Å². The summed E-state index contributed by atoms with van der Waals surface area (Å²) in [6, 6.07) is 7.42. The van der Waals surface area contributed by atoms with Crippen molar-refractivity contribution in [1.82, 2.24) is 4.90 Å². The van der Waals surface area contributed by atoms with Gasteiger partial charge in [0.15, 0.2) is 0 Å². The quantitative estimate of drug-likeness (QED) is 0.409. The molecular weight excluding hydrogens is 322 g/mol. The number of rotatable bonds is 8. The number of carbonyl (C=O) groups excluding carboxylic acids is 3. The Balaban J connectivity index is 2.13. The Hall–Kier alpha value is -2.63. The van der Waals surface area contributed by atoms with Gasteiger partial charge in [0, 0.05) is 19.0 Å². The Kier molecular flexibility index (Phi) is 6.33. The zero-order valence-corrected chi connectivity index (χ0v) is 14.6. The van der Waals surface area contributed by atoms with Crippen molar-refractivity contribution in [2.24, 2.45) is 11.8 Å². The standard InChI is InChI=1S/C19H23NO5/c1-4-25-18(22)9-16-17(13(2)12-21)11-20(19(16)23)10-14-5-7-15(24-3)8-6-14/h5-8,12,16-17H,2,4,9-11H2,1,3H3/t16-,17+/m0/s1. The summed E-state index contributed by atoms with van der Waals surface area (Å²) in [4.78, 5) is 37.3. The Bertz CT molecular complexity index is 652. The maximum absolute atomic E-state index is 12.7. The summed E-state index contributed by atoms with van der Waals surface area (Å²) in [5.41, 5.74) is 1.28. The second kappa shape index (κ2) is 8.46. The molecule has 2 atom stereocenters. The topological polar surface area (TPSA) is 72.9 Å². The van der Waals surface area contributed by atoms with Crippen molar-refractivity contribution in [2.45, 2.75) is 19.9 Å². The minimum absolute atomic E-state index is 0.0384. The summed E-state index contributed by atoms with van der Waals surface area (Å²) in [7, 11) is 1.59. The van der Waals surface area contributed by atoms with Gasteiger partial charge in [-0.2, -0.15) is 0 Å². The van der Waals surface area contributed by atoms with Crippen molar-refractivity contribution in [3.8, 4) is 5.75 Å². The highest BCUT2D eigenvalue weighted by Crippen LogP contribution is 2.33. The van der Waals surface area contributed by atoms with Gasteiger partial charge in [0.05, 0.1) is 26.1 Å². The number of nitrogens with zero attached hydrogens (tertiary/aromatic N) is 1. The predicted molar refractivity (Wildman–Crippen MR) is 91.8 cm³/mol. The molecule has 6 nitrogen and oxygen atoms in total. The third-order valence-electron chi connectivity index (χ3n) is 4.38. The van der Waals surface area contributed by atoms with Gasteiger partial charge in [0.1, 0.15) is 12.0 Å². The van der Waals surface area contributed by atoms with E-state index in [9.17, 15) is 14.4 Å². The summed E-state index contributed by atoms with van der Waals surface area (Å²) < 4.78 is 10.1. The first-order valence-corrected chi connectivity index (χ1v) is 8.21. The van der Waals surface area contributed by atoms with E-state index >= 15 is 0 Å². The monoisotopic (exact) mass is 345 g/mol. The minimum atomic E-state index is -0.602. The smallest absolute Gasteiger partial charge is 0.306 e. The molecule has 134 valence electrons. The zero-order valence-electron chi connectivity index (χ0n) is 14.6. The lowest BCUT2D eigenvalue weighted by Gasteiger charge is -2.17. The molecule has 1 saturated heterocycles. The Morgan fingerprint density at radius 1 is 1.36 bits per heavy atom. The molecule has 1 aromatic rings. The summed E-state index contributed by atoms with van der Waals surface area (Å²) in [6.07, 6.45) is 0.621. The fourth-order valence-corrected chi connectivity index (χ4v) is 3.05. The van der Waals surface area contributed by atoms with Crippen LogP contribution >= 0.6 is 0 Å². The van der Waals surface area contributed by atoms with Gasteiger partial charge < -0.3 is 14.4 Å². The van der Waals surface area contributed by atoms with Gasteiger partial charge in [-0.1, -0.05) is 18.7 Å². The third kappa shape index (κ3) is 4.47. The van der Waals surface area contributed by atoms with Gasteiger partial charge in [-0.3, -0.25) is 14.4 Å². The molecule has 25 heavy (non-hydrogen) atoms. The number of aldehydes is 1. The number of benzene rings is 1. The van der Waals surface area contributed by atoms with Crippen molar-refractivity contribution in [1.29, 1.82) is 0 Å². The highest BCUT2D eigenvalue weighted by molar-refractivity contribution is 5.88. The van der Waals surface area contributed by atoms with E-state index in [0.29, 0.717) is 24.9 Å². The van der Waals surface area contributed by atoms with Gasteiger partial charge >= 0.3 is 5.97 Å². The zero-order chi connectivity index (χ0) is 18.4. The van der Waals surface area contributed by atoms with Crippen molar-refractivity contribution >= 4 is 18.2 Å². The minimum Gasteiger partial charge on any atom is -0.497 e. The Labute approximate surface area is 147 Å². The van der Waals surface area contributed by atoms with Gasteiger partial charge in [0.2, 0.25) is 5.91 Å². The molecule has 0 unspecified atom stereocenters. The molecule has 1 fully saturated rings. The van der Waals surface area contributed by atoms with E-state index in [2.05, 4.69) is 6.58 Å². The van der Waals surface area contributed by atoms with E-state index in [1.165, 1.54) is 0 Å². The van der Waals surface area contributed by atoms with Crippen LogP contribution in [0.2, 0.25) is 0 Å². The Morgan fingerprint density at radius 2 is 2.04 bits per heavy atom. The lowest BCUT2D eigenvalue weighted by Crippen LogP contribution is -2.28. The van der Waals surface area contributed by atoms with Gasteiger partial charge in [-0.05, 0) is 30.2 Å². The highest BCUT2D eigenvalue weighted by atomic mass is 16.5. The summed E-state index contributed by atoms with van der Waals surface area (Å²) in [5, 5.41) is 0. The van der Waals surface area contributed by atoms with Crippen LogP contribution in [0.3, 0.4) is 0 Å². The number of amides is 1. The molecule has 1 aromatic carbocycles. The van der Waals surface area contributed by atoms with Crippen LogP contribution in [0.4, 0.5) is 0 Å². The van der Waals surface area contributed by atoms with Gasteiger partial charge in [0.25, 0.3) is 0 Å². The van der Waals surface area contributed by atoms with E-state index in [1.807, 2.05) is 24.3 Å². The fourth-order valence-electron chi connectivity index (χ4n) is 3.05. The molecule has 0 aliphatic carbocycles. The molecule has 0 saturated carbocycles. The molecule has 1 amide bonds. The first kappa shape index (κ1) is 18.7. The van der Waals surface area contributed by atoms with E-state index in [1.54, 1.807) is 18.9 Å². The normalized spacial score (nSPS) is 19.6. The number of methoxy groups -OCH3 is 1. The molecule has 0 aromatic heterocycles. The first-order chi connectivity index (χ1) is 12.0. The van der Waals surface area contributed by atoms with Crippen LogP contribution in [0.1, 0.15) is 18.9 Å². The second-order valence-corrected chi connectivity index (χ2v) is 5.98. The number of esters is 1. The molecule has 0 N–H and O–H groups in total. The highest BCUT2D eigenvalue weighted by Gasteiger charge is 2.42. The number of likely N-dealkylation sites (tertiary alicyclic amines) is 1. The molecule has 1 aliphatic heterocycles. The largest absolute Gasteiger partial charge is 0.497 e. The van der Waals surface area contributed by atoms with Crippen molar-refractivity contribution in [3.63, 3.8) is 0 Å². The number of hydrogen-bond donors (Lipinski definition) is 0. The maximum atomic E-state index is 12.7. The summed E-state index contributed by atoms with van der Waals surface area (Å²) in [5.74, 6) is -0.820. The average molecular weight is 345 g/mol. The summed E-state index contributed by atoms with van der Waals surface area (Å²) in [6.45, 7) is 6.49.